The van der Waals surface area contributed by atoms with E-state index in [0.717, 1.165) is 11.1 Å². The first-order valence-electron chi connectivity index (χ1n) is 9.31. The third kappa shape index (κ3) is 5.33. The number of hydrogen-bond acceptors (Lipinski definition) is 3. The fourth-order valence-corrected chi connectivity index (χ4v) is 2.97. The predicted molar refractivity (Wildman–Crippen MR) is 107 cm³/mol. The lowest BCUT2D eigenvalue weighted by Gasteiger charge is -2.29. The quantitative estimate of drug-likeness (QED) is 0.654. The molecule has 0 fully saturated rings. The summed E-state index contributed by atoms with van der Waals surface area (Å²) in [6.07, 6.45) is 1.82. The normalized spacial score (nSPS) is 11.6. The monoisotopic (exact) mass is 376 g/mol. The molecule has 3 aromatic rings. The molecule has 0 saturated heterocycles. The second-order valence-corrected chi connectivity index (χ2v) is 6.64. The van der Waals surface area contributed by atoms with Gasteiger partial charge < -0.3 is 14.6 Å². The first-order valence-corrected chi connectivity index (χ1v) is 9.31. The van der Waals surface area contributed by atoms with E-state index in [1.54, 1.807) is 30.2 Å². The third-order valence-corrected chi connectivity index (χ3v) is 4.58. The Labute approximate surface area is 165 Å². The van der Waals surface area contributed by atoms with E-state index >= 15 is 0 Å². The molecule has 2 aromatic carbocycles. The molecule has 2 amide bonds. The summed E-state index contributed by atoms with van der Waals surface area (Å²) in [5.74, 6) is 0.371. The number of furan rings is 1. The van der Waals surface area contributed by atoms with Crippen LogP contribution in [0.3, 0.4) is 0 Å². The first kappa shape index (κ1) is 19.4. The van der Waals surface area contributed by atoms with Crippen LogP contribution in [0.1, 0.15) is 23.8 Å². The second kappa shape index (κ2) is 9.55. The summed E-state index contributed by atoms with van der Waals surface area (Å²) in [6, 6.07) is 22.2. The molecule has 0 unspecified atom stereocenters. The summed E-state index contributed by atoms with van der Waals surface area (Å²) in [4.78, 5) is 27.3. The number of benzene rings is 2. The lowest BCUT2D eigenvalue weighted by Crippen LogP contribution is -2.47. The Hall–Kier alpha value is -3.34. The predicted octanol–water partition coefficient (Wildman–Crippen LogP) is 3.56. The van der Waals surface area contributed by atoms with Crippen molar-refractivity contribution in [1.82, 2.24) is 10.2 Å². The van der Waals surface area contributed by atoms with Gasteiger partial charge in [0.1, 0.15) is 11.8 Å². The number of nitrogens with one attached hydrogen (secondary N) is 1. The number of rotatable bonds is 8. The molecule has 1 aromatic heterocycles. The topological polar surface area (TPSA) is 62.6 Å². The van der Waals surface area contributed by atoms with E-state index in [1.807, 2.05) is 60.7 Å². The van der Waals surface area contributed by atoms with Gasteiger partial charge in [-0.2, -0.15) is 0 Å². The van der Waals surface area contributed by atoms with Crippen LogP contribution in [0.5, 0.6) is 0 Å². The van der Waals surface area contributed by atoms with Crippen molar-refractivity contribution in [1.29, 1.82) is 0 Å². The van der Waals surface area contributed by atoms with Crippen molar-refractivity contribution in [2.45, 2.75) is 32.5 Å². The molecule has 144 valence electrons. The molecule has 1 heterocycles. The maximum atomic E-state index is 13.0. The highest BCUT2D eigenvalue weighted by molar-refractivity contribution is 5.88. The van der Waals surface area contributed by atoms with Crippen molar-refractivity contribution in [3.63, 3.8) is 0 Å². The van der Waals surface area contributed by atoms with Gasteiger partial charge in [-0.05, 0) is 30.2 Å². The van der Waals surface area contributed by atoms with Crippen LogP contribution >= 0.6 is 0 Å². The van der Waals surface area contributed by atoms with Crippen LogP contribution in [-0.2, 0) is 29.1 Å². The third-order valence-electron chi connectivity index (χ3n) is 4.58. The lowest BCUT2D eigenvalue weighted by atomic mass is 10.1. The largest absolute Gasteiger partial charge is 0.467 e. The highest BCUT2D eigenvalue weighted by Gasteiger charge is 2.26. The van der Waals surface area contributed by atoms with Gasteiger partial charge in [0.2, 0.25) is 11.8 Å². The molecule has 0 spiro atoms. The Bertz CT molecular complexity index is 877. The van der Waals surface area contributed by atoms with Gasteiger partial charge in [0.15, 0.2) is 0 Å². The van der Waals surface area contributed by atoms with E-state index in [9.17, 15) is 9.59 Å². The minimum Gasteiger partial charge on any atom is -0.467 e. The molecular formula is C23H24N2O3. The Morgan fingerprint density at radius 3 is 2.18 bits per heavy atom. The van der Waals surface area contributed by atoms with Crippen LogP contribution in [0, 0.1) is 0 Å². The van der Waals surface area contributed by atoms with E-state index in [1.165, 1.54) is 0 Å². The van der Waals surface area contributed by atoms with Gasteiger partial charge in [-0.3, -0.25) is 9.59 Å². The zero-order chi connectivity index (χ0) is 19.8. The molecule has 28 heavy (non-hydrogen) atoms. The molecule has 5 heteroatoms. The van der Waals surface area contributed by atoms with Crippen LogP contribution < -0.4 is 5.32 Å². The summed E-state index contributed by atoms with van der Waals surface area (Å²) >= 11 is 0. The van der Waals surface area contributed by atoms with Crippen molar-refractivity contribution >= 4 is 11.8 Å². The van der Waals surface area contributed by atoms with E-state index in [-0.39, 0.29) is 18.2 Å². The van der Waals surface area contributed by atoms with Crippen molar-refractivity contribution < 1.29 is 14.0 Å². The summed E-state index contributed by atoms with van der Waals surface area (Å²) < 4.78 is 5.25. The molecule has 0 radical (unpaired) electrons. The van der Waals surface area contributed by atoms with Crippen LogP contribution in [0.25, 0.3) is 0 Å². The highest BCUT2D eigenvalue weighted by Crippen LogP contribution is 2.12. The Morgan fingerprint density at radius 2 is 1.57 bits per heavy atom. The zero-order valence-electron chi connectivity index (χ0n) is 15.9. The average Bonchev–Trinajstić information content (AvgIpc) is 3.25. The molecule has 1 N–H and O–H groups in total. The van der Waals surface area contributed by atoms with Crippen molar-refractivity contribution in [2.75, 3.05) is 0 Å². The van der Waals surface area contributed by atoms with Gasteiger partial charge >= 0.3 is 0 Å². The van der Waals surface area contributed by atoms with Crippen molar-refractivity contribution in [2.24, 2.45) is 0 Å². The molecule has 1 atom stereocenters. The maximum Gasteiger partial charge on any atom is 0.242 e. The molecular weight excluding hydrogens is 352 g/mol. The van der Waals surface area contributed by atoms with E-state index in [2.05, 4.69) is 5.32 Å². The standard InChI is InChI=1S/C23H24N2O3/c1-18(23(27)24-16-21-13-8-14-28-21)25(17-20-11-6-3-7-12-20)22(26)15-19-9-4-2-5-10-19/h2-14,18H,15-17H2,1H3,(H,24,27)/t18-/m0/s1. The second-order valence-electron chi connectivity index (χ2n) is 6.64. The van der Waals surface area contributed by atoms with Crippen LogP contribution in [0.15, 0.2) is 83.5 Å². The minimum absolute atomic E-state index is 0.0873. The zero-order valence-corrected chi connectivity index (χ0v) is 15.9. The van der Waals surface area contributed by atoms with Gasteiger partial charge in [-0.1, -0.05) is 60.7 Å². The van der Waals surface area contributed by atoms with Gasteiger partial charge in [-0.25, -0.2) is 0 Å². The molecule has 3 rings (SSSR count). The van der Waals surface area contributed by atoms with Crippen LogP contribution in [-0.4, -0.2) is 22.8 Å². The highest BCUT2D eigenvalue weighted by atomic mass is 16.3. The average molecular weight is 376 g/mol. The van der Waals surface area contributed by atoms with Crippen LogP contribution in [0.2, 0.25) is 0 Å². The Kier molecular flexibility index (Phi) is 6.63. The van der Waals surface area contributed by atoms with Crippen molar-refractivity contribution in [3.05, 3.63) is 95.9 Å². The molecule has 0 bridgehead atoms. The van der Waals surface area contributed by atoms with E-state index < -0.39 is 6.04 Å². The molecule has 0 aliphatic heterocycles. The number of nitrogens with zero attached hydrogens (tertiary/aromatic N) is 1. The SMILES string of the molecule is C[C@@H](C(=O)NCc1ccco1)N(Cc1ccccc1)C(=O)Cc1ccccc1. The van der Waals surface area contributed by atoms with E-state index in [4.69, 9.17) is 4.42 Å². The number of hydrogen-bond donors (Lipinski definition) is 1. The first-order chi connectivity index (χ1) is 13.6. The Balaban J connectivity index is 1.72. The lowest BCUT2D eigenvalue weighted by molar-refractivity contribution is -0.140. The summed E-state index contributed by atoms with van der Waals surface area (Å²) in [7, 11) is 0. The van der Waals surface area contributed by atoms with Gasteiger partial charge in [0.05, 0.1) is 19.2 Å². The van der Waals surface area contributed by atoms with Crippen molar-refractivity contribution in [3.8, 4) is 0 Å². The van der Waals surface area contributed by atoms with E-state index in [0.29, 0.717) is 18.8 Å². The Morgan fingerprint density at radius 1 is 0.929 bits per heavy atom. The molecule has 0 saturated carbocycles. The molecule has 5 nitrogen and oxygen atoms in total. The molecule has 0 aliphatic carbocycles. The fourth-order valence-electron chi connectivity index (χ4n) is 2.97. The summed E-state index contributed by atoms with van der Waals surface area (Å²) in [5, 5.41) is 2.84. The minimum atomic E-state index is -0.605. The number of amides is 2. The number of carbonyl (C=O) groups is 2. The number of carbonyl (C=O) groups excluding carboxylic acids is 2. The molecule has 0 aliphatic rings. The fraction of sp³-hybridized carbons (Fsp3) is 0.217. The maximum absolute atomic E-state index is 13.0. The van der Waals surface area contributed by atoms with Crippen LogP contribution in [0.4, 0.5) is 0 Å². The summed E-state index contributed by atoms with van der Waals surface area (Å²) in [5.41, 5.74) is 1.91. The smallest absolute Gasteiger partial charge is 0.242 e. The van der Waals surface area contributed by atoms with Gasteiger partial charge in [-0.15, -0.1) is 0 Å². The van der Waals surface area contributed by atoms with Gasteiger partial charge in [0.25, 0.3) is 0 Å². The summed E-state index contributed by atoms with van der Waals surface area (Å²) in [6.45, 7) is 2.42. The van der Waals surface area contributed by atoms with Gasteiger partial charge in [0, 0.05) is 6.54 Å².